The summed E-state index contributed by atoms with van der Waals surface area (Å²) in [7, 11) is 0. The highest BCUT2D eigenvalue weighted by molar-refractivity contribution is 5.91. The molecule has 0 amide bonds. The topological polar surface area (TPSA) is 29.1 Å². The monoisotopic (exact) mass is 237 g/mol. The molecule has 2 nitrogen and oxygen atoms in total. The Morgan fingerprint density at radius 2 is 1.88 bits per heavy atom. The molecule has 0 spiro atoms. The van der Waals surface area contributed by atoms with Crippen LogP contribution in [0.15, 0.2) is 11.8 Å². The SMILES string of the molecule is CCCCCCCNC1=CC(=O)CC(C)(C)C1. The minimum Gasteiger partial charge on any atom is -0.388 e. The van der Waals surface area contributed by atoms with Gasteiger partial charge in [0.05, 0.1) is 0 Å². The molecule has 0 radical (unpaired) electrons. The van der Waals surface area contributed by atoms with Gasteiger partial charge in [0, 0.05) is 24.7 Å². The molecule has 0 fully saturated rings. The third-order valence-electron chi connectivity index (χ3n) is 3.29. The largest absolute Gasteiger partial charge is 0.388 e. The lowest BCUT2D eigenvalue weighted by atomic mass is 9.79. The number of allylic oxidation sites excluding steroid dienone is 2. The third-order valence-corrected chi connectivity index (χ3v) is 3.29. The molecule has 0 atom stereocenters. The second-order valence-electron chi connectivity index (χ2n) is 5.99. The van der Waals surface area contributed by atoms with Crippen LogP contribution in [0.1, 0.15) is 65.7 Å². The number of hydrogen-bond donors (Lipinski definition) is 1. The van der Waals surface area contributed by atoms with E-state index in [1.165, 1.54) is 32.1 Å². The molecule has 0 heterocycles. The van der Waals surface area contributed by atoms with Crippen LogP contribution in [-0.2, 0) is 4.79 Å². The van der Waals surface area contributed by atoms with Gasteiger partial charge in [0.25, 0.3) is 0 Å². The molecule has 2 heteroatoms. The third kappa shape index (κ3) is 5.90. The quantitative estimate of drug-likeness (QED) is 0.682. The van der Waals surface area contributed by atoms with E-state index in [0.29, 0.717) is 6.42 Å². The summed E-state index contributed by atoms with van der Waals surface area (Å²) >= 11 is 0. The normalized spacial score (nSPS) is 19.0. The van der Waals surface area contributed by atoms with Crippen molar-refractivity contribution in [2.75, 3.05) is 6.54 Å². The van der Waals surface area contributed by atoms with Gasteiger partial charge in [-0.05, 0) is 18.3 Å². The molecule has 1 rings (SSSR count). The van der Waals surface area contributed by atoms with Crippen molar-refractivity contribution in [1.82, 2.24) is 5.32 Å². The molecule has 0 bridgehead atoms. The number of hydrogen-bond acceptors (Lipinski definition) is 2. The van der Waals surface area contributed by atoms with E-state index in [4.69, 9.17) is 0 Å². The van der Waals surface area contributed by atoms with Gasteiger partial charge in [0.15, 0.2) is 5.78 Å². The lowest BCUT2D eigenvalue weighted by Crippen LogP contribution is -2.28. The molecule has 0 aliphatic heterocycles. The first-order valence-corrected chi connectivity index (χ1v) is 7.01. The van der Waals surface area contributed by atoms with Crippen molar-refractivity contribution in [2.45, 2.75) is 65.7 Å². The summed E-state index contributed by atoms with van der Waals surface area (Å²) in [6, 6.07) is 0. The lowest BCUT2D eigenvalue weighted by molar-refractivity contribution is -0.117. The maximum absolute atomic E-state index is 11.5. The number of rotatable bonds is 7. The van der Waals surface area contributed by atoms with Crippen LogP contribution in [0.2, 0.25) is 0 Å². The summed E-state index contributed by atoms with van der Waals surface area (Å²) in [6.07, 6.45) is 9.98. The van der Waals surface area contributed by atoms with E-state index in [1.54, 1.807) is 6.08 Å². The van der Waals surface area contributed by atoms with E-state index in [1.807, 2.05) is 0 Å². The van der Waals surface area contributed by atoms with Gasteiger partial charge < -0.3 is 5.32 Å². The Morgan fingerprint density at radius 1 is 1.18 bits per heavy atom. The summed E-state index contributed by atoms with van der Waals surface area (Å²) in [6.45, 7) is 7.58. The molecule has 98 valence electrons. The number of ketones is 1. The van der Waals surface area contributed by atoms with Gasteiger partial charge in [-0.2, -0.15) is 0 Å². The van der Waals surface area contributed by atoms with Crippen molar-refractivity contribution in [3.8, 4) is 0 Å². The van der Waals surface area contributed by atoms with E-state index in [-0.39, 0.29) is 11.2 Å². The fourth-order valence-corrected chi connectivity index (χ4v) is 2.44. The highest BCUT2D eigenvalue weighted by Gasteiger charge is 2.27. The summed E-state index contributed by atoms with van der Waals surface area (Å²) in [5, 5.41) is 3.42. The average molecular weight is 237 g/mol. The van der Waals surface area contributed by atoms with Crippen LogP contribution in [0.25, 0.3) is 0 Å². The average Bonchev–Trinajstić information content (AvgIpc) is 2.20. The molecule has 0 unspecified atom stereocenters. The van der Waals surface area contributed by atoms with Crippen molar-refractivity contribution >= 4 is 5.78 Å². The first kappa shape index (κ1) is 14.3. The van der Waals surface area contributed by atoms with Crippen LogP contribution in [0.5, 0.6) is 0 Å². The predicted molar refractivity (Wildman–Crippen MR) is 72.9 cm³/mol. The maximum atomic E-state index is 11.5. The highest BCUT2D eigenvalue weighted by Crippen LogP contribution is 2.32. The standard InChI is InChI=1S/C15H27NO/c1-4-5-6-7-8-9-16-13-10-14(17)12-15(2,3)11-13/h10,16H,4-9,11-12H2,1-3H3. The van der Waals surface area contributed by atoms with E-state index < -0.39 is 0 Å². The van der Waals surface area contributed by atoms with Gasteiger partial charge in [-0.3, -0.25) is 4.79 Å². The molecule has 1 aliphatic carbocycles. The first-order chi connectivity index (χ1) is 8.03. The van der Waals surface area contributed by atoms with Gasteiger partial charge in [-0.1, -0.05) is 46.5 Å². The first-order valence-electron chi connectivity index (χ1n) is 7.01. The van der Waals surface area contributed by atoms with Crippen molar-refractivity contribution in [3.05, 3.63) is 11.8 Å². The Hall–Kier alpha value is -0.790. The maximum Gasteiger partial charge on any atom is 0.157 e. The molecule has 0 saturated heterocycles. The van der Waals surface area contributed by atoms with Crippen LogP contribution in [0.4, 0.5) is 0 Å². The van der Waals surface area contributed by atoms with Gasteiger partial charge in [-0.25, -0.2) is 0 Å². The molecule has 1 N–H and O–H groups in total. The van der Waals surface area contributed by atoms with Crippen LogP contribution >= 0.6 is 0 Å². The fourth-order valence-electron chi connectivity index (χ4n) is 2.44. The fraction of sp³-hybridized carbons (Fsp3) is 0.800. The molecular formula is C15H27NO. The van der Waals surface area contributed by atoms with Gasteiger partial charge in [0.2, 0.25) is 0 Å². The summed E-state index contributed by atoms with van der Waals surface area (Å²) in [5.74, 6) is 0.273. The lowest BCUT2D eigenvalue weighted by Gasteiger charge is -2.29. The molecule has 1 aliphatic rings. The van der Waals surface area contributed by atoms with Crippen molar-refractivity contribution < 1.29 is 4.79 Å². The van der Waals surface area contributed by atoms with Crippen LogP contribution in [-0.4, -0.2) is 12.3 Å². The van der Waals surface area contributed by atoms with Crippen LogP contribution < -0.4 is 5.32 Å². The smallest absolute Gasteiger partial charge is 0.157 e. The molecule has 0 aromatic rings. The summed E-state index contributed by atoms with van der Waals surface area (Å²) in [5.41, 5.74) is 1.28. The van der Waals surface area contributed by atoms with E-state index in [0.717, 1.165) is 18.7 Å². The van der Waals surface area contributed by atoms with E-state index >= 15 is 0 Å². The zero-order valence-corrected chi connectivity index (χ0v) is 11.6. The van der Waals surface area contributed by atoms with Crippen molar-refractivity contribution in [3.63, 3.8) is 0 Å². The zero-order chi connectivity index (χ0) is 12.7. The van der Waals surface area contributed by atoms with Crippen molar-refractivity contribution in [1.29, 1.82) is 0 Å². The Bertz CT molecular complexity index is 279. The molecule has 0 saturated carbocycles. The number of carbonyl (C=O) groups is 1. The summed E-state index contributed by atoms with van der Waals surface area (Å²) in [4.78, 5) is 11.5. The Kier molecular flexibility index (Phi) is 5.73. The second kappa shape index (κ2) is 6.83. The number of nitrogens with one attached hydrogen (secondary N) is 1. The van der Waals surface area contributed by atoms with Gasteiger partial charge >= 0.3 is 0 Å². The van der Waals surface area contributed by atoms with Crippen LogP contribution in [0.3, 0.4) is 0 Å². The summed E-state index contributed by atoms with van der Waals surface area (Å²) < 4.78 is 0. The molecule has 0 aromatic heterocycles. The second-order valence-corrected chi connectivity index (χ2v) is 5.99. The van der Waals surface area contributed by atoms with E-state index in [2.05, 4.69) is 26.1 Å². The Morgan fingerprint density at radius 3 is 2.53 bits per heavy atom. The Labute approximate surface area is 106 Å². The molecule has 17 heavy (non-hydrogen) atoms. The minimum absolute atomic E-state index is 0.135. The number of unbranched alkanes of at least 4 members (excludes halogenated alkanes) is 4. The van der Waals surface area contributed by atoms with Crippen molar-refractivity contribution in [2.24, 2.45) is 5.41 Å². The van der Waals surface area contributed by atoms with Gasteiger partial charge in [0.1, 0.15) is 0 Å². The van der Waals surface area contributed by atoms with Crippen LogP contribution in [0, 0.1) is 5.41 Å². The zero-order valence-electron chi connectivity index (χ0n) is 11.6. The predicted octanol–water partition coefficient (Wildman–Crippen LogP) is 3.82. The molecular weight excluding hydrogens is 210 g/mol. The number of carbonyl (C=O) groups excluding carboxylic acids is 1. The minimum atomic E-state index is 0.135. The highest BCUT2D eigenvalue weighted by atomic mass is 16.1. The van der Waals surface area contributed by atoms with Gasteiger partial charge in [-0.15, -0.1) is 0 Å². The Balaban J connectivity index is 2.20. The molecule has 0 aromatic carbocycles. The van der Waals surface area contributed by atoms with E-state index in [9.17, 15) is 4.79 Å².